The minimum absolute atomic E-state index is 0.519. The van der Waals surface area contributed by atoms with Gasteiger partial charge in [0.1, 0.15) is 0 Å². The molecule has 0 heteroatoms. The average molecular weight is 264 g/mol. The van der Waals surface area contributed by atoms with Gasteiger partial charge in [-0.05, 0) is 67.8 Å². The molecule has 5 aliphatic carbocycles. The maximum absolute atomic E-state index is 2.60. The first-order chi connectivity index (χ1) is 9.75. The van der Waals surface area contributed by atoms with Crippen LogP contribution in [0.15, 0.2) is 47.1 Å². The van der Waals surface area contributed by atoms with E-state index in [1.54, 1.807) is 11.1 Å². The van der Waals surface area contributed by atoms with Gasteiger partial charge in [-0.2, -0.15) is 0 Å². The zero-order valence-corrected chi connectivity index (χ0v) is 12.5. The van der Waals surface area contributed by atoms with Crippen molar-refractivity contribution in [2.24, 2.45) is 22.7 Å². The lowest BCUT2D eigenvalue weighted by molar-refractivity contribution is 0.0918. The first-order valence-electron chi connectivity index (χ1n) is 8.53. The first-order valence-corrected chi connectivity index (χ1v) is 8.53. The average Bonchev–Trinajstić information content (AvgIpc) is 2.96. The molecule has 5 aliphatic rings. The van der Waals surface area contributed by atoms with Gasteiger partial charge in [0.2, 0.25) is 0 Å². The number of allylic oxidation sites excluding steroid dienone is 8. The molecule has 0 amide bonds. The fraction of sp³-hybridized carbons (Fsp3) is 0.600. The van der Waals surface area contributed by atoms with E-state index in [1.807, 2.05) is 5.57 Å². The number of hydrogen-bond donors (Lipinski definition) is 0. The van der Waals surface area contributed by atoms with Crippen molar-refractivity contribution >= 4 is 0 Å². The van der Waals surface area contributed by atoms with E-state index in [0.717, 1.165) is 11.8 Å². The van der Waals surface area contributed by atoms with E-state index in [2.05, 4.69) is 37.3 Å². The molecule has 0 N–H and O–H groups in total. The minimum atomic E-state index is 0.519. The lowest BCUT2D eigenvalue weighted by Gasteiger charge is -2.53. The van der Waals surface area contributed by atoms with Crippen LogP contribution in [0.3, 0.4) is 0 Å². The van der Waals surface area contributed by atoms with Gasteiger partial charge < -0.3 is 0 Å². The van der Waals surface area contributed by atoms with Crippen molar-refractivity contribution in [2.45, 2.75) is 51.9 Å². The second kappa shape index (κ2) is 3.59. The van der Waals surface area contributed by atoms with E-state index in [4.69, 9.17) is 0 Å². The van der Waals surface area contributed by atoms with E-state index in [9.17, 15) is 0 Å². The van der Waals surface area contributed by atoms with Gasteiger partial charge in [0, 0.05) is 5.41 Å². The van der Waals surface area contributed by atoms with Gasteiger partial charge in [-0.1, -0.05) is 48.5 Å². The normalized spacial score (nSPS) is 48.0. The summed E-state index contributed by atoms with van der Waals surface area (Å²) in [6.45, 7) is 2.58. The summed E-state index contributed by atoms with van der Waals surface area (Å²) in [6.07, 6.45) is 22.1. The van der Waals surface area contributed by atoms with Crippen LogP contribution in [0.2, 0.25) is 0 Å². The lowest BCUT2D eigenvalue weighted by atomic mass is 9.50. The fourth-order valence-corrected chi connectivity index (χ4v) is 6.38. The van der Waals surface area contributed by atoms with E-state index < -0.39 is 0 Å². The Balaban J connectivity index is 1.66. The third kappa shape index (κ3) is 1.13. The quantitative estimate of drug-likeness (QED) is 0.518. The second-order valence-electron chi connectivity index (χ2n) is 7.87. The molecule has 0 spiro atoms. The van der Waals surface area contributed by atoms with E-state index in [0.29, 0.717) is 10.8 Å². The zero-order chi connectivity index (χ0) is 13.4. The van der Waals surface area contributed by atoms with Gasteiger partial charge >= 0.3 is 0 Å². The third-order valence-corrected chi connectivity index (χ3v) is 7.51. The van der Waals surface area contributed by atoms with Crippen LogP contribution in [0.1, 0.15) is 51.9 Å². The van der Waals surface area contributed by atoms with Crippen molar-refractivity contribution < 1.29 is 0 Å². The predicted octanol–water partition coefficient (Wildman–Crippen LogP) is 5.35. The van der Waals surface area contributed by atoms with Gasteiger partial charge in [0.25, 0.3) is 0 Å². The summed E-state index contributed by atoms with van der Waals surface area (Å²) in [5.74, 6) is 1.70. The highest BCUT2D eigenvalue weighted by molar-refractivity contribution is 5.48. The highest BCUT2D eigenvalue weighted by Gasteiger charge is 2.62. The molecule has 20 heavy (non-hydrogen) atoms. The molecule has 2 bridgehead atoms. The Morgan fingerprint density at radius 3 is 2.90 bits per heavy atom. The Bertz CT molecular complexity index is 600. The van der Waals surface area contributed by atoms with Crippen molar-refractivity contribution in [2.75, 3.05) is 0 Å². The third-order valence-electron chi connectivity index (χ3n) is 7.51. The Morgan fingerprint density at radius 2 is 2.05 bits per heavy atom. The summed E-state index contributed by atoms with van der Waals surface area (Å²) in [6, 6.07) is 0. The Morgan fingerprint density at radius 1 is 1.10 bits per heavy atom. The van der Waals surface area contributed by atoms with Crippen molar-refractivity contribution in [3.63, 3.8) is 0 Å². The van der Waals surface area contributed by atoms with Crippen LogP contribution in [0.4, 0.5) is 0 Å². The molecule has 0 nitrogen and oxygen atoms in total. The molecule has 2 saturated carbocycles. The minimum Gasteiger partial charge on any atom is -0.0842 e. The van der Waals surface area contributed by atoms with Crippen molar-refractivity contribution in [1.82, 2.24) is 0 Å². The molecule has 0 radical (unpaired) electrons. The molecule has 0 aromatic heterocycles. The molecule has 0 saturated heterocycles. The molecular formula is C20H24. The first kappa shape index (κ1) is 11.6. The summed E-state index contributed by atoms with van der Waals surface area (Å²) in [5, 5.41) is 0. The molecule has 0 unspecified atom stereocenters. The lowest BCUT2D eigenvalue weighted by Crippen LogP contribution is -2.44. The molecule has 4 atom stereocenters. The molecule has 5 rings (SSSR count). The molecule has 0 heterocycles. The molecule has 104 valence electrons. The van der Waals surface area contributed by atoms with Gasteiger partial charge in [-0.3, -0.25) is 0 Å². The van der Waals surface area contributed by atoms with Gasteiger partial charge in [0.15, 0.2) is 0 Å². The molecule has 2 fully saturated rings. The van der Waals surface area contributed by atoms with E-state index >= 15 is 0 Å². The maximum atomic E-state index is 2.60. The highest BCUT2D eigenvalue weighted by Crippen LogP contribution is 2.73. The predicted molar refractivity (Wildman–Crippen MR) is 83.2 cm³/mol. The van der Waals surface area contributed by atoms with Crippen LogP contribution in [0.25, 0.3) is 0 Å². The summed E-state index contributed by atoms with van der Waals surface area (Å²) in [7, 11) is 0. The highest BCUT2D eigenvalue weighted by atomic mass is 14.7. The van der Waals surface area contributed by atoms with Crippen LogP contribution < -0.4 is 0 Å². The van der Waals surface area contributed by atoms with Gasteiger partial charge in [0.05, 0.1) is 0 Å². The van der Waals surface area contributed by atoms with Crippen LogP contribution in [0.5, 0.6) is 0 Å². The second-order valence-corrected chi connectivity index (χ2v) is 7.87. The van der Waals surface area contributed by atoms with Crippen molar-refractivity contribution in [1.29, 1.82) is 0 Å². The topological polar surface area (TPSA) is 0 Å². The monoisotopic (exact) mass is 264 g/mol. The Labute approximate surface area is 122 Å². The SMILES string of the molecule is C[C@@]12CC[C@H]3C(=CC=C4C=CCC[C@@H]43)[C@]13CC=C2CC3. The number of fused-ring (bicyclic) bond motifs is 3. The summed E-state index contributed by atoms with van der Waals surface area (Å²) in [4.78, 5) is 0. The molecular weight excluding hydrogens is 240 g/mol. The van der Waals surface area contributed by atoms with Gasteiger partial charge in [-0.15, -0.1) is 0 Å². The van der Waals surface area contributed by atoms with Crippen LogP contribution in [-0.4, -0.2) is 0 Å². The van der Waals surface area contributed by atoms with Crippen molar-refractivity contribution in [3.8, 4) is 0 Å². The van der Waals surface area contributed by atoms with Gasteiger partial charge in [-0.25, -0.2) is 0 Å². The van der Waals surface area contributed by atoms with E-state index in [1.165, 1.54) is 44.9 Å². The van der Waals surface area contributed by atoms with Crippen LogP contribution >= 0.6 is 0 Å². The van der Waals surface area contributed by atoms with Crippen LogP contribution in [0, 0.1) is 22.7 Å². The number of rotatable bonds is 0. The zero-order valence-electron chi connectivity index (χ0n) is 12.5. The fourth-order valence-electron chi connectivity index (χ4n) is 6.38. The summed E-state index contributed by atoms with van der Waals surface area (Å²) in [5.41, 5.74) is 6.31. The molecule has 0 aliphatic heterocycles. The largest absolute Gasteiger partial charge is 0.0842 e. The Kier molecular flexibility index (Phi) is 2.08. The standard InChI is InChI=1S/C20H24/c1-19-11-10-17-16-5-3-2-4-14(16)6-7-18(17)20(19)12-8-15(19)9-13-20/h2,4,6-8,16-17H,3,5,9-13H2,1H3/t16-,17+,19-,20+/m0/s1. The Hall–Kier alpha value is -1.04. The van der Waals surface area contributed by atoms with Crippen LogP contribution in [-0.2, 0) is 0 Å². The van der Waals surface area contributed by atoms with E-state index in [-0.39, 0.29) is 0 Å². The van der Waals surface area contributed by atoms with Crippen molar-refractivity contribution in [3.05, 3.63) is 47.1 Å². The summed E-state index contributed by atoms with van der Waals surface area (Å²) >= 11 is 0. The molecule has 0 aromatic rings. The summed E-state index contributed by atoms with van der Waals surface area (Å²) < 4.78 is 0. The number of hydrogen-bond acceptors (Lipinski definition) is 0. The smallest absolute Gasteiger partial charge is 0.00465 e. The molecule has 0 aromatic carbocycles. The maximum Gasteiger partial charge on any atom is 0.00465 e.